The van der Waals surface area contributed by atoms with Crippen LogP contribution in [0.2, 0.25) is 0 Å². The lowest BCUT2D eigenvalue weighted by Gasteiger charge is -2.16. The number of fused-ring (bicyclic) bond motifs is 6. The Morgan fingerprint density at radius 3 is 1.19 bits per heavy atom. The highest BCUT2D eigenvalue weighted by Gasteiger charge is 2.23. The van der Waals surface area contributed by atoms with Crippen molar-refractivity contribution >= 4 is 99.2 Å². The molecule has 0 aliphatic rings. The van der Waals surface area contributed by atoms with E-state index in [-0.39, 0.29) is 6.71 Å². The summed E-state index contributed by atoms with van der Waals surface area (Å²) in [5, 5.41) is 8.01. The van der Waals surface area contributed by atoms with Gasteiger partial charge in [0.15, 0.2) is 11.2 Å². The first-order valence-corrected chi connectivity index (χ1v) is 20.2. The van der Waals surface area contributed by atoms with Gasteiger partial charge in [-0.3, -0.25) is 0 Å². The van der Waals surface area contributed by atoms with Crippen molar-refractivity contribution in [2.45, 2.75) is 0 Å². The van der Waals surface area contributed by atoms with Crippen LogP contribution >= 0.6 is 11.3 Å². The normalized spacial score (nSPS) is 11.8. The number of benzene rings is 9. The molecule has 5 nitrogen and oxygen atoms in total. The van der Waals surface area contributed by atoms with Gasteiger partial charge in [-0.25, -0.2) is 15.0 Å². The summed E-state index contributed by atoms with van der Waals surface area (Å²) < 4.78 is 13.8. The Labute approximate surface area is 337 Å². The van der Waals surface area contributed by atoms with Gasteiger partial charge in [0, 0.05) is 16.7 Å². The molecule has 0 N–H and O–H groups in total. The van der Waals surface area contributed by atoms with Crippen molar-refractivity contribution in [3.05, 3.63) is 182 Å². The van der Waals surface area contributed by atoms with Crippen molar-refractivity contribution in [2.24, 2.45) is 0 Å². The van der Waals surface area contributed by atoms with Crippen LogP contribution in [0.5, 0.6) is 0 Å². The van der Waals surface area contributed by atoms with E-state index in [0.717, 1.165) is 81.9 Å². The average molecular weight is 760 g/mol. The molecule has 58 heavy (non-hydrogen) atoms. The van der Waals surface area contributed by atoms with Crippen molar-refractivity contribution in [3.8, 4) is 33.5 Å². The predicted molar refractivity (Wildman–Crippen MR) is 241 cm³/mol. The number of aromatic nitrogens is 3. The van der Waals surface area contributed by atoms with E-state index in [4.69, 9.17) is 23.8 Å². The van der Waals surface area contributed by atoms with E-state index in [1.54, 1.807) is 11.3 Å². The van der Waals surface area contributed by atoms with Crippen molar-refractivity contribution in [1.82, 2.24) is 15.0 Å². The van der Waals surface area contributed by atoms with E-state index < -0.39 is 0 Å². The minimum atomic E-state index is -0.0410. The summed E-state index contributed by atoms with van der Waals surface area (Å²) in [5.41, 5.74) is 10.8. The van der Waals surface area contributed by atoms with Crippen LogP contribution in [0.1, 0.15) is 0 Å². The summed E-state index contributed by atoms with van der Waals surface area (Å²) >= 11 is 1.73. The number of hydrogen-bond acceptors (Lipinski definition) is 6. The summed E-state index contributed by atoms with van der Waals surface area (Å²) in [6.07, 6.45) is 0. The maximum absolute atomic E-state index is 6.30. The third kappa shape index (κ3) is 5.67. The number of oxazole rings is 2. The van der Waals surface area contributed by atoms with Gasteiger partial charge < -0.3 is 8.83 Å². The number of hydrogen-bond donors (Lipinski definition) is 0. The molecule has 270 valence electrons. The Balaban J connectivity index is 0.911. The quantitative estimate of drug-likeness (QED) is 0.158. The Morgan fingerprint density at radius 2 is 0.741 bits per heavy atom. The first-order valence-electron chi connectivity index (χ1n) is 19.3. The second-order valence-corrected chi connectivity index (χ2v) is 15.9. The van der Waals surface area contributed by atoms with Gasteiger partial charge in [0.1, 0.15) is 16.0 Å². The molecule has 0 bridgehead atoms. The molecule has 3 aromatic heterocycles. The zero-order chi connectivity index (χ0) is 38.2. The van der Waals surface area contributed by atoms with Crippen molar-refractivity contribution in [3.63, 3.8) is 0 Å². The third-order valence-electron chi connectivity index (χ3n) is 11.2. The van der Waals surface area contributed by atoms with Crippen LogP contribution in [-0.4, -0.2) is 21.7 Å². The third-order valence-corrected chi connectivity index (χ3v) is 12.3. The van der Waals surface area contributed by atoms with Crippen LogP contribution in [0.25, 0.3) is 98.2 Å². The Morgan fingerprint density at radius 1 is 0.362 bits per heavy atom. The molecule has 0 spiro atoms. The van der Waals surface area contributed by atoms with Crippen LogP contribution in [0.4, 0.5) is 0 Å². The van der Waals surface area contributed by atoms with E-state index in [9.17, 15) is 0 Å². The molecule has 0 amide bonds. The molecule has 3 heterocycles. The monoisotopic (exact) mass is 759 g/mol. The van der Waals surface area contributed by atoms with Crippen LogP contribution in [0, 0.1) is 0 Å². The fraction of sp³-hybridized carbons (Fsp3) is 0. The summed E-state index contributed by atoms with van der Waals surface area (Å²) in [4.78, 5) is 14.8. The molecule has 12 rings (SSSR count). The van der Waals surface area contributed by atoms with Gasteiger partial charge in [-0.1, -0.05) is 162 Å². The first-order chi connectivity index (χ1) is 28.6. The number of rotatable bonds is 6. The molecule has 0 saturated carbocycles. The molecular weight excluding hydrogens is 729 g/mol. The SMILES string of the molecule is c1ccc2cc3oc(-c4ccc(B(c5ccc(-c6nc7cc8ccccc8cc7o6)cc5)c5ccc(-c6nc7cc8ccccc8cc7s6)cc5)cc4)nc3cc2c1. The van der Waals surface area contributed by atoms with E-state index >= 15 is 0 Å². The van der Waals surface area contributed by atoms with Gasteiger partial charge in [-0.05, 0) is 68.7 Å². The zero-order valence-corrected chi connectivity index (χ0v) is 31.8. The van der Waals surface area contributed by atoms with Crippen molar-refractivity contribution in [2.75, 3.05) is 0 Å². The minimum absolute atomic E-state index is 0.0410. The second-order valence-electron chi connectivity index (χ2n) is 14.9. The smallest absolute Gasteiger partial charge is 0.241 e. The Kier molecular flexibility index (Phi) is 7.43. The fourth-order valence-corrected chi connectivity index (χ4v) is 9.24. The standard InChI is InChI=1S/C51H30BN3O2S/c1-4-10-37-28-46-43(25-34(37)7-1)53-49(56-46)31-13-19-40(20-14-31)52(41-21-15-32(16-22-41)50-54-44-26-35-8-2-5-11-38(35)29-47(44)57-50)42-23-17-33(18-24-42)51-55-45-27-36-9-3-6-12-39(36)30-48(45)58-51/h1-30H. The summed E-state index contributed by atoms with van der Waals surface area (Å²) in [6.45, 7) is -0.0410. The fourth-order valence-electron chi connectivity index (χ4n) is 8.24. The summed E-state index contributed by atoms with van der Waals surface area (Å²) in [5.74, 6) is 1.22. The molecule has 0 radical (unpaired) electrons. The Hall–Kier alpha value is -7.35. The van der Waals surface area contributed by atoms with Crippen molar-refractivity contribution in [1.29, 1.82) is 0 Å². The maximum Gasteiger partial charge on any atom is 0.241 e. The maximum atomic E-state index is 6.30. The van der Waals surface area contributed by atoms with E-state index in [1.165, 1.54) is 20.9 Å². The highest BCUT2D eigenvalue weighted by Crippen LogP contribution is 2.33. The van der Waals surface area contributed by atoms with Gasteiger partial charge in [-0.15, -0.1) is 11.3 Å². The molecule has 0 atom stereocenters. The largest absolute Gasteiger partial charge is 0.436 e. The van der Waals surface area contributed by atoms with E-state index in [0.29, 0.717) is 11.8 Å². The van der Waals surface area contributed by atoms with Gasteiger partial charge in [0.05, 0.1) is 10.2 Å². The van der Waals surface area contributed by atoms with Gasteiger partial charge in [-0.2, -0.15) is 0 Å². The number of thiazole rings is 1. The van der Waals surface area contributed by atoms with E-state index in [2.05, 4.69) is 158 Å². The molecule has 9 aromatic carbocycles. The van der Waals surface area contributed by atoms with Gasteiger partial charge in [0.25, 0.3) is 0 Å². The second kappa shape index (κ2) is 13.1. The molecule has 7 heteroatoms. The highest BCUT2D eigenvalue weighted by molar-refractivity contribution is 7.21. The van der Waals surface area contributed by atoms with Crippen LogP contribution in [0.3, 0.4) is 0 Å². The lowest BCUT2D eigenvalue weighted by atomic mass is 9.37. The lowest BCUT2D eigenvalue weighted by molar-refractivity contribution is 0.620. The average Bonchev–Trinajstić information content (AvgIpc) is 4.01. The van der Waals surface area contributed by atoms with Gasteiger partial charge in [0.2, 0.25) is 18.5 Å². The first kappa shape index (κ1) is 32.9. The van der Waals surface area contributed by atoms with Crippen LogP contribution < -0.4 is 16.4 Å². The number of nitrogens with zero attached hydrogens (tertiary/aromatic N) is 3. The molecule has 0 fully saturated rings. The minimum Gasteiger partial charge on any atom is -0.436 e. The summed E-state index contributed by atoms with van der Waals surface area (Å²) in [6, 6.07) is 63.9. The molecule has 0 saturated heterocycles. The van der Waals surface area contributed by atoms with Gasteiger partial charge >= 0.3 is 0 Å². The molecule has 0 aliphatic heterocycles. The molecule has 12 aromatic rings. The van der Waals surface area contributed by atoms with Crippen molar-refractivity contribution < 1.29 is 8.83 Å². The molecule has 0 unspecified atom stereocenters. The lowest BCUT2D eigenvalue weighted by Crippen LogP contribution is -2.51. The summed E-state index contributed by atoms with van der Waals surface area (Å²) in [7, 11) is 0. The van der Waals surface area contributed by atoms with E-state index in [1.807, 2.05) is 24.3 Å². The molecule has 0 aliphatic carbocycles. The Bertz CT molecular complexity index is 2980. The zero-order valence-electron chi connectivity index (χ0n) is 31.0. The van der Waals surface area contributed by atoms with Crippen LogP contribution in [-0.2, 0) is 0 Å². The molecular formula is C51H30BN3O2S. The topological polar surface area (TPSA) is 65.0 Å². The highest BCUT2D eigenvalue weighted by atomic mass is 32.1. The van der Waals surface area contributed by atoms with Crippen LogP contribution in [0.15, 0.2) is 191 Å². The predicted octanol–water partition coefficient (Wildman–Crippen LogP) is 11.6.